The van der Waals surface area contributed by atoms with Crippen molar-refractivity contribution in [2.24, 2.45) is 5.41 Å². The molecule has 1 saturated carbocycles. The van der Waals surface area contributed by atoms with E-state index in [0.717, 1.165) is 18.7 Å². The summed E-state index contributed by atoms with van der Waals surface area (Å²) in [7, 11) is 0. The molecule has 0 N–H and O–H groups in total. The first-order valence-corrected chi connectivity index (χ1v) is 13.8. The average molecular weight is 497 g/mol. The summed E-state index contributed by atoms with van der Waals surface area (Å²) in [6, 6.07) is 37.9. The average Bonchev–Trinajstić information content (AvgIpc) is 3.08. The summed E-state index contributed by atoms with van der Waals surface area (Å²) < 4.78 is 2.69. The summed E-state index contributed by atoms with van der Waals surface area (Å²) in [5, 5.41) is 5.18. The van der Waals surface area contributed by atoms with Crippen molar-refractivity contribution >= 4 is 33.7 Å². The van der Waals surface area contributed by atoms with E-state index in [0.29, 0.717) is 6.04 Å². The summed E-state index contributed by atoms with van der Waals surface area (Å²) in [5.41, 5.74) is 2.71. The molecule has 3 heteroatoms. The lowest BCUT2D eigenvalue weighted by atomic mass is 9.71. The Balaban J connectivity index is 1.56. The van der Waals surface area contributed by atoms with Crippen molar-refractivity contribution in [2.75, 3.05) is 4.90 Å². The number of rotatable bonds is 4. The number of aromatic nitrogens is 1. The van der Waals surface area contributed by atoms with Gasteiger partial charge < -0.3 is 0 Å². The summed E-state index contributed by atoms with van der Waals surface area (Å²) in [6.45, 7) is 7.41. The molecule has 5 aromatic rings. The zero-order chi connectivity index (χ0) is 25.9. The SMILES string of the molecule is CC1(C)[C@@H]2CC[C@@]1(C)[N+](C(c1cccc3ccccc13)c1cccc3ccccc13)=CN2c1ccccn1. The van der Waals surface area contributed by atoms with E-state index < -0.39 is 0 Å². The molecule has 0 unspecified atom stereocenters. The smallest absolute Gasteiger partial charge is 0.242 e. The zero-order valence-corrected chi connectivity index (χ0v) is 22.4. The van der Waals surface area contributed by atoms with Crippen LogP contribution in [0.2, 0.25) is 0 Å². The van der Waals surface area contributed by atoms with Crippen LogP contribution in [0.25, 0.3) is 21.5 Å². The molecule has 2 aliphatic rings. The van der Waals surface area contributed by atoms with Gasteiger partial charge in [-0.05, 0) is 47.4 Å². The van der Waals surface area contributed by atoms with Crippen molar-refractivity contribution in [1.29, 1.82) is 0 Å². The highest BCUT2D eigenvalue weighted by Gasteiger charge is 2.64. The Hall–Kier alpha value is -3.98. The van der Waals surface area contributed by atoms with E-state index in [1.807, 2.05) is 12.3 Å². The van der Waals surface area contributed by atoms with Crippen LogP contribution in [-0.2, 0) is 0 Å². The Morgan fingerprint density at radius 2 is 1.32 bits per heavy atom. The Morgan fingerprint density at radius 3 is 1.92 bits per heavy atom. The first-order chi connectivity index (χ1) is 18.5. The van der Waals surface area contributed by atoms with Crippen molar-refractivity contribution in [3.63, 3.8) is 0 Å². The number of benzene rings is 4. The van der Waals surface area contributed by atoms with Gasteiger partial charge in [0, 0.05) is 28.8 Å². The number of nitrogens with zero attached hydrogens (tertiary/aromatic N) is 3. The van der Waals surface area contributed by atoms with Crippen LogP contribution in [0.15, 0.2) is 109 Å². The van der Waals surface area contributed by atoms with Crippen molar-refractivity contribution in [2.45, 2.75) is 51.2 Å². The van der Waals surface area contributed by atoms with Crippen LogP contribution in [0.4, 0.5) is 5.82 Å². The van der Waals surface area contributed by atoms with Gasteiger partial charge in [0.05, 0.1) is 0 Å². The Morgan fingerprint density at radius 1 is 0.737 bits per heavy atom. The van der Waals surface area contributed by atoms with Gasteiger partial charge >= 0.3 is 0 Å². The summed E-state index contributed by atoms with van der Waals surface area (Å²) in [5.74, 6) is 1.02. The number of hydrogen-bond donors (Lipinski definition) is 0. The van der Waals surface area contributed by atoms with Gasteiger partial charge in [-0.25, -0.2) is 9.88 Å². The van der Waals surface area contributed by atoms with Gasteiger partial charge in [0.2, 0.25) is 12.2 Å². The van der Waals surface area contributed by atoms with Crippen LogP contribution in [0, 0.1) is 5.41 Å². The third-order valence-corrected chi connectivity index (χ3v) is 9.71. The molecule has 1 aliphatic carbocycles. The molecule has 0 amide bonds. The Kier molecular flexibility index (Phi) is 5.20. The lowest BCUT2D eigenvalue weighted by Gasteiger charge is -2.48. The van der Waals surface area contributed by atoms with E-state index in [1.54, 1.807) is 0 Å². The lowest BCUT2D eigenvalue weighted by Crippen LogP contribution is -2.62. The minimum Gasteiger partial charge on any atom is -0.251 e. The minimum atomic E-state index is -0.0263. The third kappa shape index (κ3) is 3.27. The van der Waals surface area contributed by atoms with Gasteiger partial charge in [-0.3, -0.25) is 4.58 Å². The molecule has 2 atom stereocenters. The lowest BCUT2D eigenvalue weighted by molar-refractivity contribution is -0.648. The molecule has 2 bridgehead atoms. The second-order valence-corrected chi connectivity index (χ2v) is 11.7. The van der Waals surface area contributed by atoms with Crippen LogP contribution in [0.5, 0.6) is 0 Å². The fourth-order valence-corrected chi connectivity index (χ4v) is 7.27. The van der Waals surface area contributed by atoms with E-state index >= 15 is 0 Å². The molecule has 1 aliphatic heterocycles. The predicted octanol–water partition coefficient (Wildman–Crippen LogP) is 7.99. The van der Waals surface area contributed by atoms with E-state index in [9.17, 15) is 0 Å². The maximum absolute atomic E-state index is 4.81. The van der Waals surface area contributed by atoms with Gasteiger partial charge in [-0.15, -0.1) is 0 Å². The molecular weight excluding hydrogens is 462 g/mol. The largest absolute Gasteiger partial charge is 0.251 e. The van der Waals surface area contributed by atoms with E-state index in [-0.39, 0.29) is 17.0 Å². The second kappa shape index (κ2) is 8.52. The Labute approximate surface area is 225 Å². The fraction of sp³-hybridized carbons (Fsp3) is 0.257. The van der Waals surface area contributed by atoms with Crippen molar-refractivity contribution in [3.05, 3.63) is 120 Å². The van der Waals surface area contributed by atoms with Crippen LogP contribution < -0.4 is 4.90 Å². The van der Waals surface area contributed by atoms with E-state index in [1.165, 1.54) is 32.7 Å². The molecule has 0 radical (unpaired) electrons. The van der Waals surface area contributed by atoms with E-state index in [2.05, 4.69) is 134 Å². The molecule has 0 spiro atoms. The standard InChI is InChI=1S/C35H34N3/c1-34(2)31-21-22-35(34,3)38(24-37(31)32-20-8-9-23-36-32)33(29-18-10-14-25-12-4-6-16-27(25)29)30-19-11-15-26-13-5-7-17-28(26)30/h4-20,23-24,31,33H,21-22H2,1-3H3/q+1/t31-,35+/m0/s1. The summed E-state index contributed by atoms with van der Waals surface area (Å²) in [4.78, 5) is 7.27. The van der Waals surface area contributed by atoms with Gasteiger partial charge in [-0.2, -0.15) is 0 Å². The van der Waals surface area contributed by atoms with Gasteiger partial charge in [0.15, 0.2) is 0 Å². The Bertz CT molecular complexity index is 1600. The fourth-order valence-electron chi connectivity index (χ4n) is 7.27. The van der Waals surface area contributed by atoms with Crippen LogP contribution in [0.1, 0.15) is 50.8 Å². The maximum Gasteiger partial charge on any atom is 0.242 e. The number of hydrogen-bond acceptors (Lipinski definition) is 2. The van der Waals surface area contributed by atoms with Crippen LogP contribution >= 0.6 is 0 Å². The number of pyridine rings is 1. The molecule has 4 aromatic carbocycles. The molecule has 3 nitrogen and oxygen atoms in total. The van der Waals surface area contributed by atoms with Crippen LogP contribution in [0.3, 0.4) is 0 Å². The highest BCUT2D eigenvalue weighted by molar-refractivity contribution is 5.90. The highest BCUT2D eigenvalue weighted by atomic mass is 15.3. The van der Waals surface area contributed by atoms with Crippen molar-refractivity contribution in [3.8, 4) is 0 Å². The zero-order valence-electron chi connectivity index (χ0n) is 22.4. The quantitative estimate of drug-likeness (QED) is 0.235. The van der Waals surface area contributed by atoms with Crippen molar-refractivity contribution < 1.29 is 4.58 Å². The van der Waals surface area contributed by atoms with Gasteiger partial charge in [0.1, 0.15) is 17.6 Å². The molecule has 1 fully saturated rings. The molecule has 1 aromatic heterocycles. The minimum absolute atomic E-state index is 0.0263. The van der Waals surface area contributed by atoms with Crippen LogP contribution in [-0.4, -0.2) is 27.5 Å². The monoisotopic (exact) mass is 496 g/mol. The molecule has 38 heavy (non-hydrogen) atoms. The molecular formula is C35H34N3+. The molecule has 188 valence electrons. The summed E-state index contributed by atoms with van der Waals surface area (Å²) in [6.07, 6.45) is 6.59. The molecule has 2 heterocycles. The molecule has 7 rings (SSSR count). The maximum atomic E-state index is 4.81. The summed E-state index contributed by atoms with van der Waals surface area (Å²) >= 11 is 0. The predicted molar refractivity (Wildman–Crippen MR) is 158 cm³/mol. The topological polar surface area (TPSA) is 19.1 Å². The van der Waals surface area contributed by atoms with E-state index in [4.69, 9.17) is 4.98 Å². The van der Waals surface area contributed by atoms with Gasteiger partial charge in [0.25, 0.3) is 0 Å². The first-order valence-electron chi connectivity index (χ1n) is 13.8. The third-order valence-electron chi connectivity index (χ3n) is 9.71. The molecule has 0 saturated heterocycles. The number of anilines is 1. The van der Waals surface area contributed by atoms with Gasteiger partial charge in [-0.1, -0.05) is 105 Å². The second-order valence-electron chi connectivity index (χ2n) is 11.7. The highest BCUT2D eigenvalue weighted by Crippen LogP contribution is 2.55. The number of fused-ring (bicyclic) bond motifs is 4. The van der Waals surface area contributed by atoms with Crippen molar-refractivity contribution in [1.82, 2.24) is 4.98 Å². The first kappa shape index (κ1) is 23.2. The normalized spacial score (nSPS) is 22.3.